The molecular formula is C29H18FN3O2. The van der Waals surface area contributed by atoms with Crippen molar-refractivity contribution in [3.05, 3.63) is 119 Å². The third-order valence-electron chi connectivity index (χ3n) is 5.93. The number of nitriles is 2. The molecule has 0 bridgehead atoms. The van der Waals surface area contributed by atoms with Crippen LogP contribution < -0.4 is 4.74 Å². The Hall–Kier alpha value is -4.94. The summed E-state index contributed by atoms with van der Waals surface area (Å²) in [6, 6.07) is 28.7. The van der Waals surface area contributed by atoms with Gasteiger partial charge in [0, 0.05) is 13.1 Å². The third-order valence-corrected chi connectivity index (χ3v) is 5.93. The number of amides is 1. The minimum atomic E-state index is -0.663. The monoisotopic (exact) mass is 459 g/mol. The van der Waals surface area contributed by atoms with Crippen LogP contribution in [0.3, 0.4) is 0 Å². The summed E-state index contributed by atoms with van der Waals surface area (Å²) in [6.07, 6.45) is 0. The molecule has 5 nitrogen and oxygen atoms in total. The lowest BCUT2D eigenvalue weighted by molar-refractivity contribution is 0.0764. The summed E-state index contributed by atoms with van der Waals surface area (Å²) in [5.74, 6) is -0.837. The molecule has 6 heteroatoms. The Balaban J connectivity index is 1.36. The van der Waals surface area contributed by atoms with Gasteiger partial charge in [-0.05, 0) is 52.6 Å². The van der Waals surface area contributed by atoms with Crippen LogP contribution in [-0.2, 0) is 13.1 Å². The highest BCUT2D eigenvalue weighted by molar-refractivity contribution is 6.01. The number of carbonyl (C=O) groups excluding carboxylic acids is 1. The topological polar surface area (TPSA) is 77.1 Å². The first-order chi connectivity index (χ1) is 17.1. The highest BCUT2D eigenvalue weighted by Gasteiger charge is 2.31. The van der Waals surface area contributed by atoms with Crippen LogP contribution in [0.15, 0.2) is 84.9 Å². The van der Waals surface area contributed by atoms with Crippen LogP contribution in [0, 0.1) is 28.5 Å². The third kappa shape index (κ3) is 4.21. The van der Waals surface area contributed by atoms with Crippen molar-refractivity contribution in [1.82, 2.24) is 4.90 Å². The van der Waals surface area contributed by atoms with Crippen LogP contribution >= 0.6 is 0 Å². The first-order valence-electron chi connectivity index (χ1n) is 10.9. The maximum Gasteiger partial charge on any atom is 0.258 e. The zero-order valence-electron chi connectivity index (χ0n) is 18.5. The van der Waals surface area contributed by atoms with Gasteiger partial charge in [-0.1, -0.05) is 54.6 Å². The molecule has 1 heterocycles. The van der Waals surface area contributed by atoms with Crippen LogP contribution in [0.1, 0.15) is 32.6 Å². The van der Waals surface area contributed by atoms with E-state index in [1.54, 1.807) is 23.1 Å². The second-order valence-corrected chi connectivity index (χ2v) is 8.17. The van der Waals surface area contributed by atoms with Gasteiger partial charge < -0.3 is 9.64 Å². The number of nitrogens with zero attached hydrogens (tertiary/aromatic N) is 3. The summed E-state index contributed by atoms with van der Waals surface area (Å²) < 4.78 is 20.1. The number of carbonyl (C=O) groups is 1. The zero-order chi connectivity index (χ0) is 24.4. The van der Waals surface area contributed by atoms with E-state index in [1.807, 2.05) is 54.6 Å². The van der Waals surface area contributed by atoms with Gasteiger partial charge in [-0.25, -0.2) is 4.39 Å². The van der Waals surface area contributed by atoms with E-state index in [1.165, 1.54) is 18.2 Å². The smallest absolute Gasteiger partial charge is 0.258 e. The molecule has 4 aromatic carbocycles. The Bertz CT molecular complexity index is 1530. The predicted octanol–water partition coefficient (Wildman–Crippen LogP) is 6.18. The highest BCUT2D eigenvalue weighted by atomic mass is 19.1. The molecule has 0 spiro atoms. The molecule has 0 aromatic heterocycles. The lowest BCUT2D eigenvalue weighted by Gasteiger charge is -2.16. The molecule has 0 saturated heterocycles. The number of benzene rings is 4. The summed E-state index contributed by atoms with van der Waals surface area (Å²) in [7, 11) is 0. The summed E-state index contributed by atoms with van der Waals surface area (Å²) in [5, 5.41) is 18.4. The van der Waals surface area contributed by atoms with Crippen LogP contribution in [0.5, 0.6) is 11.5 Å². The fourth-order valence-corrected chi connectivity index (χ4v) is 4.20. The second kappa shape index (κ2) is 9.13. The van der Waals surface area contributed by atoms with Gasteiger partial charge in [0.2, 0.25) is 0 Å². The lowest BCUT2D eigenvalue weighted by atomic mass is 10.0. The average molecular weight is 459 g/mol. The molecule has 0 N–H and O–H groups in total. The van der Waals surface area contributed by atoms with Gasteiger partial charge in [-0.2, -0.15) is 10.5 Å². The van der Waals surface area contributed by atoms with Crippen molar-refractivity contribution in [1.29, 1.82) is 10.5 Å². The number of rotatable bonds is 5. The Kier molecular flexibility index (Phi) is 5.71. The first kappa shape index (κ1) is 21.9. The molecule has 1 aliphatic rings. The van der Waals surface area contributed by atoms with Gasteiger partial charge in [-0.15, -0.1) is 0 Å². The molecule has 0 saturated carbocycles. The molecular weight excluding hydrogens is 441 g/mol. The summed E-state index contributed by atoms with van der Waals surface area (Å²) in [4.78, 5) is 15.0. The van der Waals surface area contributed by atoms with Crippen molar-refractivity contribution >= 4 is 5.91 Å². The maximum atomic E-state index is 14.3. The summed E-state index contributed by atoms with van der Waals surface area (Å²) in [6.45, 7) is 0.800. The van der Waals surface area contributed by atoms with E-state index in [2.05, 4.69) is 6.07 Å². The molecule has 0 fully saturated rings. The largest absolute Gasteiger partial charge is 0.452 e. The van der Waals surface area contributed by atoms with Crippen molar-refractivity contribution in [3.8, 4) is 34.8 Å². The Morgan fingerprint density at radius 3 is 2.43 bits per heavy atom. The molecule has 168 valence electrons. The SMILES string of the molecule is N#Cc1cccc(-c2ccc(CN3Cc4cccc(Oc5c(F)cccc5C#N)c4C3=O)cc2)c1. The van der Waals surface area contributed by atoms with Gasteiger partial charge in [0.15, 0.2) is 11.6 Å². The average Bonchev–Trinajstić information content (AvgIpc) is 3.21. The van der Waals surface area contributed by atoms with E-state index in [4.69, 9.17) is 10.00 Å². The van der Waals surface area contributed by atoms with Gasteiger partial charge in [0.05, 0.1) is 22.8 Å². The zero-order valence-corrected chi connectivity index (χ0v) is 18.5. The van der Waals surface area contributed by atoms with Crippen molar-refractivity contribution in [2.75, 3.05) is 0 Å². The number of fused-ring (bicyclic) bond motifs is 1. The highest BCUT2D eigenvalue weighted by Crippen LogP contribution is 2.36. The van der Waals surface area contributed by atoms with Crippen LogP contribution in [0.2, 0.25) is 0 Å². The quantitative estimate of drug-likeness (QED) is 0.357. The van der Waals surface area contributed by atoms with Crippen LogP contribution in [-0.4, -0.2) is 10.8 Å². The molecule has 0 radical (unpaired) electrons. The van der Waals surface area contributed by atoms with Crippen molar-refractivity contribution in [3.63, 3.8) is 0 Å². The predicted molar refractivity (Wildman–Crippen MR) is 128 cm³/mol. The standard InChI is InChI=1S/C29H18FN3O2/c30-25-8-2-6-23(16-32)28(25)35-26-9-3-7-24-18-33(29(34)27(24)26)17-19-10-12-21(13-11-19)22-5-1-4-20(14-22)15-31/h1-14H,17-18H2. The van der Waals surface area contributed by atoms with E-state index >= 15 is 0 Å². The van der Waals surface area contributed by atoms with E-state index in [0.717, 1.165) is 22.3 Å². The Morgan fingerprint density at radius 2 is 1.66 bits per heavy atom. The van der Waals surface area contributed by atoms with Crippen molar-refractivity contribution < 1.29 is 13.9 Å². The van der Waals surface area contributed by atoms with E-state index < -0.39 is 5.82 Å². The van der Waals surface area contributed by atoms with Crippen molar-refractivity contribution in [2.24, 2.45) is 0 Å². The normalized spacial score (nSPS) is 12.1. The second-order valence-electron chi connectivity index (χ2n) is 8.17. The number of para-hydroxylation sites is 1. The summed E-state index contributed by atoms with van der Waals surface area (Å²) >= 11 is 0. The van der Waals surface area contributed by atoms with Gasteiger partial charge in [0.25, 0.3) is 5.91 Å². The van der Waals surface area contributed by atoms with Gasteiger partial charge >= 0.3 is 0 Å². The molecule has 0 aliphatic carbocycles. The number of hydrogen-bond acceptors (Lipinski definition) is 4. The fraction of sp³-hybridized carbons (Fsp3) is 0.0690. The molecule has 0 atom stereocenters. The first-order valence-corrected chi connectivity index (χ1v) is 10.9. The van der Waals surface area contributed by atoms with Gasteiger partial charge in [-0.3, -0.25) is 4.79 Å². The molecule has 5 rings (SSSR count). The molecule has 0 unspecified atom stereocenters. The lowest BCUT2D eigenvalue weighted by Crippen LogP contribution is -2.23. The molecule has 35 heavy (non-hydrogen) atoms. The number of halogens is 1. The van der Waals surface area contributed by atoms with E-state index in [0.29, 0.717) is 24.2 Å². The Morgan fingerprint density at radius 1 is 0.886 bits per heavy atom. The van der Waals surface area contributed by atoms with Crippen LogP contribution in [0.4, 0.5) is 4.39 Å². The van der Waals surface area contributed by atoms with Crippen molar-refractivity contribution in [2.45, 2.75) is 13.1 Å². The summed E-state index contributed by atoms with van der Waals surface area (Å²) in [5.41, 5.74) is 4.71. The number of ether oxygens (including phenoxy) is 1. The van der Waals surface area contributed by atoms with Crippen LogP contribution in [0.25, 0.3) is 11.1 Å². The van der Waals surface area contributed by atoms with E-state index in [9.17, 15) is 14.4 Å². The number of hydrogen-bond donors (Lipinski definition) is 0. The minimum absolute atomic E-state index is 0.0605. The Labute approximate surface area is 201 Å². The minimum Gasteiger partial charge on any atom is -0.452 e. The fourth-order valence-electron chi connectivity index (χ4n) is 4.20. The van der Waals surface area contributed by atoms with Gasteiger partial charge in [0.1, 0.15) is 11.8 Å². The molecule has 4 aromatic rings. The molecule has 1 aliphatic heterocycles. The van der Waals surface area contributed by atoms with E-state index in [-0.39, 0.29) is 23.0 Å². The maximum absolute atomic E-state index is 14.3. The molecule has 1 amide bonds.